The van der Waals surface area contributed by atoms with Crippen LogP contribution in [0.5, 0.6) is 5.75 Å². The largest absolute Gasteiger partial charge is 0.490 e. The van der Waals surface area contributed by atoms with Crippen LogP contribution >= 0.6 is 11.3 Å². The molecule has 0 bridgehead atoms. The lowest BCUT2D eigenvalue weighted by Crippen LogP contribution is -2.28. The van der Waals surface area contributed by atoms with E-state index in [1.165, 1.54) is 0 Å². The van der Waals surface area contributed by atoms with E-state index in [2.05, 4.69) is 20.5 Å². The molecule has 124 valence electrons. The first-order chi connectivity index (χ1) is 11.8. The molecular weight excluding hydrogens is 328 g/mol. The van der Waals surface area contributed by atoms with Crippen LogP contribution in [-0.2, 0) is 11.2 Å². The molecule has 3 aromatic heterocycles. The minimum absolute atomic E-state index is 0.0833. The lowest BCUT2D eigenvalue weighted by Gasteiger charge is -2.06. The van der Waals surface area contributed by atoms with Crippen LogP contribution in [0.4, 0.5) is 0 Å². The molecule has 0 aliphatic carbocycles. The van der Waals surface area contributed by atoms with E-state index in [0.717, 1.165) is 5.56 Å². The van der Waals surface area contributed by atoms with Gasteiger partial charge in [-0.2, -0.15) is 11.3 Å². The van der Waals surface area contributed by atoms with Gasteiger partial charge < -0.3 is 14.5 Å². The van der Waals surface area contributed by atoms with Crippen LogP contribution in [0.15, 0.2) is 45.8 Å². The first-order valence-corrected chi connectivity index (χ1v) is 8.40. The number of aryl methyl sites for hydroxylation is 1. The number of pyridine rings is 1. The molecule has 1 N–H and O–H groups in total. The zero-order valence-corrected chi connectivity index (χ0v) is 13.7. The topological polar surface area (TPSA) is 90.1 Å². The molecule has 3 heterocycles. The molecule has 7 nitrogen and oxygen atoms in total. The standard InChI is InChI=1S/C16H16N4O3S/c21-14(18-7-8-22-13-2-1-6-17-10-13)3-4-15-19-20-16(23-15)12-5-9-24-11-12/h1-2,5-6,9-11H,3-4,7-8H2,(H,18,21). The number of amides is 1. The average molecular weight is 344 g/mol. The van der Waals surface area contributed by atoms with Gasteiger partial charge in [0.25, 0.3) is 0 Å². The van der Waals surface area contributed by atoms with Crippen LogP contribution < -0.4 is 10.1 Å². The molecule has 0 saturated carbocycles. The number of carbonyl (C=O) groups is 1. The fourth-order valence-electron chi connectivity index (χ4n) is 1.96. The van der Waals surface area contributed by atoms with Gasteiger partial charge in [0.05, 0.1) is 12.7 Å². The highest BCUT2D eigenvalue weighted by Crippen LogP contribution is 2.20. The third-order valence-corrected chi connectivity index (χ3v) is 3.81. The first-order valence-electron chi connectivity index (χ1n) is 7.46. The van der Waals surface area contributed by atoms with Gasteiger partial charge >= 0.3 is 0 Å². The fraction of sp³-hybridized carbons (Fsp3) is 0.250. The van der Waals surface area contributed by atoms with Gasteiger partial charge in [0.1, 0.15) is 12.4 Å². The molecule has 8 heteroatoms. The van der Waals surface area contributed by atoms with Crippen molar-refractivity contribution in [3.8, 4) is 17.2 Å². The maximum absolute atomic E-state index is 11.8. The SMILES string of the molecule is O=C(CCc1nnc(-c2ccsc2)o1)NCCOc1cccnc1. The van der Waals surface area contributed by atoms with Crippen molar-refractivity contribution in [1.82, 2.24) is 20.5 Å². The molecule has 24 heavy (non-hydrogen) atoms. The number of ether oxygens (including phenoxy) is 1. The van der Waals surface area contributed by atoms with Crippen LogP contribution in [0.25, 0.3) is 11.5 Å². The molecule has 3 rings (SSSR count). The minimum atomic E-state index is -0.0833. The van der Waals surface area contributed by atoms with Gasteiger partial charge in [-0.3, -0.25) is 9.78 Å². The molecule has 0 spiro atoms. The molecule has 1 amide bonds. The van der Waals surface area contributed by atoms with Crippen LogP contribution in [0, 0.1) is 0 Å². The highest BCUT2D eigenvalue weighted by molar-refractivity contribution is 7.08. The first kappa shape index (κ1) is 16.1. The van der Waals surface area contributed by atoms with Crippen LogP contribution in [0.1, 0.15) is 12.3 Å². The Morgan fingerprint density at radius 1 is 1.33 bits per heavy atom. The molecule has 0 unspecified atom stereocenters. The van der Waals surface area contributed by atoms with Gasteiger partial charge in [-0.15, -0.1) is 10.2 Å². The number of hydrogen-bond donors (Lipinski definition) is 1. The lowest BCUT2D eigenvalue weighted by molar-refractivity contribution is -0.121. The van der Waals surface area contributed by atoms with Gasteiger partial charge in [0.2, 0.25) is 17.7 Å². The van der Waals surface area contributed by atoms with Crippen LogP contribution in [0.3, 0.4) is 0 Å². The van der Waals surface area contributed by atoms with Gasteiger partial charge in [0.15, 0.2) is 0 Å². The maximum Gasteiger partial charge on any atom is 0.248 e. The van der Waals surface area contributed by atoms with Crippen molar-refractivity contribution in [3.05, 3.63) is 47.2 Å². The number of aromatic nitrogens is 3. The zero-order chi connectivity index (χ0) is 16.6. The maximum atomic E-state index is 11.8. The molecule has 0 atom stereocenters. The molecule has 0 aliphatic rings. The predicted molar refractivity (Wildman–Crippen MR) is 88.7 cm³/mol. The van der Waals surface area contributed by atoms with E-state index in [-0.39, 0.29) is 12.3 Å². The van der Waals surface area contributed by atoms with Gasteiger partial charge in [-0.25, -0.2) is 0 Å². The van der Waals surface area contributed by atoms with E-state index in [0.29, 0.717) is 37.1 Å². The summed E-state index contributed by atoms with van der Waals surface area (Å²) in [5, 5.41) is 14.6. The summed E-state index contributed by atoms with van der Waals surface area (Å²) >= 11 is 1.56. The number of nitrogens with zero attached hydrogens (tertiary/aromatic N) is 3. The lowest BCUT2D eigenvalue weighted by atomic mass is 10.3. The van der Waals surface area contributed by atoms with E-state index >= 15 is 0 Å². The molecule has 0 saturated heterocycles. The third kappa shape index (κ3) is 4.63. The van der Waals surface area contributed by atoms with Crippen molar-refractivity contribution in [2.24, 2.45) is 0 Å². The summed E-state index contributed by atoms with van der Waals surface area (Å²) in [6.45, 7) is 0.817. The zero-order valence-electron chi connectivity index (χ0n) is 12.8. The number of thiophene rings is 1. The fourth-order valence-corrected chi connectivity index (χ4v) is 2.59. The van der Waals surface area contributed by atoms with Crippen LogP contribution in [0.2, 0.25) is 0 Å². The number of carbonyl (C=O) groups excluding carboxylic acids is 1. The van der Waals surface area contributed by atoms with Gasteiger partial charge in [0, 0.05) is 30.0 Å². The van der Waals surface area contributed by atoms with E-state index in [1.807, 2.05) is 22.9 Å². The monoisotopic (exact) mass is 344 g/mol. The van der Waals surface area contributed by atoms with Crippen molar-refractivity contribution in [2.75, 3.05) is 13.2 Å². The van der Waals surface area contributed by atoms with E-state index in [4.69, 9.17) is 9.15 Å². The summed E-state index contributed by atoms with van der Waals surface area (Å²) in [5.74, 6) is 1.54. The summed E-state index contributed by atoms with van der Waals surface area (Å²) in [6, 6.07) is 5.52. The molecule has 0 aromatic carbocycles. The Kier molecular flexibility index (Phi) is 5.52. The number of nitrogens with one attached hydrogen (secondary N) is 1. The molecule has 0 radical (unpaired) electrons. The summed E-state index contributed by atoms with van der Waals surface area (Å²) in [6.07, 6.45) is 4.00. The predicted octanol–water partition coefficient (Wildman–Crippen LogP) is 2.32. The van der Waals surface area contributed by atoms with Crippen molar-refractivity contribution in [1.29, 1.82) is 0 Å². The molecule has 0 aliphatic heterocycles. The normalized spacial score (nSPS) is 10.5. The Balaban J connectivity index is 1.35. The van der Waals surface area contributed by atoms with Crippen molar-refractivity contribution < 1.29 is 13.9 Å². The summed E-state index contributed by atoms with van der Waals surface area (Å²) < 4.78 is 11.0. The quantitative estimate of drug-likeness (QED) is 0.631. The van der Waals surface area contributed by atoms with Crippen molar-refractivity contribution in [3.63, 3.8) is 0 Å². The second-order valence-corrected chi connectivity index (χ2v) is 5.68. The van der Waals surface area contributed by atoms with Crippen molar-refractivity contribution in [2.45, 2.75) is 12.8 Å². The van der Waals surface area contributed by atoms with Gasteiger partial charge in [-0.1, -0.05) is 0 Å². The van der Waals surface area contributed by atoms with E-state index < -0.39 is 0 Å². The Morgan fingerprint density at radius 3 is 3.08 bits per heavy atom. The van der Waals surface area contributed by atoms with Gasteiger partial charge in [-0.05, 0) is 23.6 Å². The smallest absolute Gasteiger partial charge is 0.248 e. The number of hydrogen-bond acceptors (Lipinski definition) is 7. The Bertz CT molecular complexity index is 759. The van der Waals surface area contributed by atoms with Crippen LogP contribution in [-0.4, -0.2) is 34.2 Å². The summed E-state index contributed by atoms with van der Waals surface area (Å²) in [5.41, 5.74) is 0.899. The Labute approximate surface area is 142 Å². The van der Waals surface area contributed by atoms with E-state index in [1.54, 1.807) is 29.8 Å². The average Bonchev–Trinajstić information content (AvgIpc) is 3.29. The summed E-state index contributed by atoms with van der Waals surface area (Å²) in [7, 11) is 0. The second kappa shape index (κ2) is 8.21. The van der Waals surface area contributed by atoms with Crippen molar-refractivity contribution >= 4 is 17.2 Å². The second-order valence-electron chi connectivity index (χ2n) is 4.90. The summed E-state index contributed by atoms with van der Waals surface area (Å²) in [4.78, 5) is 15.7. The third-order valence-electron chi connectivity index (χ3n) is 3.13. The highest BCUT2D eigenvalue weighted by atomic mass is 32.1. The number of rotatable bonds is 8. The highest BCUT2D eigenvalue weighted by Gasteiger charge is 2.10. The van der Waals surface area contributed by atoms with E-state index in [9.17, 15) is 4.79 Å². The Morgan fingerprint density at radius 2 is 2.29 bits per heavy atom. The molecule has 0 fully saturated rings. The minimum Gasteiger partial charge on any atom is -0.490 e. The molecule has 3 aromatic rings. The molecular formula is C16H16N4O3S. The Hall–Kier alpha value is -2.74.